The zero-order valence-corrected chi connectivity index (χ0v) is 12.5. The normalized spacial score (nSPS) is 17.1. The van der Waals surface area contributed by atoms with E-state index in [0.717, 1.165) is 31.6 Å². The van der Waals surface area contributed by atoms with Crippen LogP contribution in [0.3, 0.4) is 0 Å². The van der Waals surface area contributed by atoms with Crippen LogP contribution in [0.4, 0.5) is 4.39 Å². The molecule has 3 nitrogen and oxygen atoms in total. The number of aryl methyl sites for hydroxylation is 1. The Morgan fingerprint density at radius 2 is 2.05 bits per heavy atom. The highest BCUT2D eigenvalue weighted by Crippen LogP contribution is 2.13. The zero-order valence-electron chi connectivity index (χ0n) is 11.7. The second-order valence-electron chi connectivity index (χ2n) is 5.19. The van der Waals surface area contributed by atoms with E-state index in [2.05, 4.69) is 4.90 Å². The molecule has 110 valence electrons. The van der Waals surface area contributed by atoms with E-state index in [0.29, 0.717) is 24.5 Å². The van der Waals surface area contributed by atoms with Gasteiger partial charge in [0.05, 0.1) is 0 Å². The number of carbonyl (C=O) groups excluding carboxylic acids is 1. The van der Waals surface area contributed by atoms with Gasteiger partial charge in [-0.1, -0.05) is 0 Å². The Kier molecular flexibility index (Phi) is 5.38. The van der Waals surface area contributed by atoms with Crippen molar-refractivity contribution in [3.63, 3.8) is 0 Å². The molecule has 0 atom stereocenters. The molecule has 2 rings (SSSR count). The van der Waals surface area contributed by atoms with Gasteiger partial charge in [0.25, 0.3) is 5.91 Å². The lowest BCUT2D eigenvalue weighted by Gasteiger charge is -2.21. The molecule has 0 aromatic heterocycles. The second-order valence-corrected chi connectivity index (χ2v) is 5.57. The minimum absolute atomic E-state index is 0.0830. The lowest BCUT2D eigenvalue weighted by Crippen LogP contribution is -2.35. The summed E-state index contributed by atoms with van der Waals surface area (Å²) in [6.45, 7) is 5.82. The monoisotopic (exact) mass is 298 g/mol. The fourth-order valence-electron chi connectivity index (χ4n) is 2.56. The summed E-state index contributed by atoms with van der Waals surface area (Å²) in [5, 5.41) is 0. The summed E-state index contributed by atoms with van der Waals surface area (Å²) in [4.78, 5) is 16.5. The highest BCUT2D eigenvalue weighted by molar-refractivity contribution is 6.18. The van der Waals surface area contributed by atoms with Crippen LogP contribution in [0.15, 0.2) is 18.2 Å². The lowest BCUT2D eigenvalue weighted by molar-refractivity contribution is 0.0761. The van der Waals surface area contributed by atoms with Gasteiger partial charge in [0.2, 0.25) is 0 Å². The highest BCUT2D eigenvalue weighted by atomic mass is 35.5. The zero-order chi connectivity index (χ0) is 14.5. The molecule has 5 heteroatoms. The first-order valence-corrected chi connectivity index (χ1v) is 7.48. The van der Waals surface area contributed by atoms with Crippen LogP contribution < -0.4 is 0 Å². The van der Waals surface area contributed by atoms with E-state index in [1.54, 1.807) is 13.0 Å². The molecule has 1 aliphatic heterocycles. The van der Waals surface area contributed by atoms with Crippen molar-refractivity contribution in [2.45, 2.75) is 13.3 Å². The number of amides is 1. The van der Waals surface area contributed by atoms with E-state index in [4.69, 9.17) is 11.6 Å². The third-order valence-electron chi connectivity index (χ3n) is 3.57. The molecule has 1 fully saturated rings. The van der Waals surface area contributed by atoms with E-state index < -0.39 is 0 Å². The van der Waals surface area contributed by atoms with Gasteiger partial charge >= 0.3 is 0 Å². The summed E-state index contributed by atoms with van der Waals surface area (Å²) in [5.41, 5.74) is 1.21. The standard InChI is InChI=1S/C15H20ClFN2O/c1-12-9-13(11-14(17)10-12)15(20)19-5-2-4-18(6-3-16)7-8-19/h9-11H,2-8H2,1H3. The van der Waals surface area contributed by atoms with Gasteiger partial charge in [-0.2, -0.15) is 0 Å². The second kappa shape index (κ2) is 7.04. The van der Waals surface area contributed by atoms with E-state index in [1.807, 2.05) is 4.90 Å². The van der Waals surface area contributed by atoms with Crippen molar-refractivity contribution in [1.29, 1.82) is 0 Å². The molecule has 1 aromatic carbocycles. The molecule has 0 spiro atoms. The number of nitrogens with zero attached hydrogens (tertiary/aromatic N) is 2. The quantitative estimate of drug-likeness (QED) is 0.801. The van der Waals surface area contributed by atoms with Crippen LogP contribution in [-0.2, 0) is 0 Å². The molecule has 0 aliphatic carbocycles. The molecule has 0 unspecified atom stereocenters. The topological polar surface area (TPSA) is 23.6 Å². The van der Waals surface area contributed by atoms with E-state index in [9.17, 15) is 9.18 Å². The lowest BCUT2D eigenvalue weighted by atomic mass is 10.1. The van der Waals surface area contributed by atoms with Crippen molar-refractivity contribution in [1.82, 2.24) is 9.80 Å². The van der Waals surface area contributed by atoms with Crippen molar-refractivity contribution in [2.24, 2.45) is 0 Å². The van der Waals surface area contributed by atoms with Gasteiger partial charge in [-0.05, 0) is 43.7 Å². The summed E-state index contributed by atoms with van der Waals surface area (Å²) in [6, 6.07) is 4.49. The highest BCUT2D eigenvalue weighted by Gasteiger charge is 2.20. The Bertz CT molecular complexity index is 461. The first-order chi connectivity index (χ1) is 9.60. The number of hydrogen-bond donors (Lipinski definition) is 0. The van der Waals surface area contributed by atoms with Crippen molar-refractivity contribution < 1.29 is 9.18 Å². The Balaban J connectivity index is 2.05. The number of benzene rings is 1. The van der Waals surface area contributed by atoms with Crippen molar-refractivity contribution in [2.75, 3.05) is 38.6 Å². The van der Waals surface area contributed by atoms with E-state index in [-0.39, 0.29) is 11.7 Å². The predicted octanol–water partition coefficient (Wildman–Crippen LogP) is 2.52. The van der Waals surface area contributed by atoms with Gasteiger partial charge in [-0.3, -0.25) is 4.79 Å². The Hall–Kier alpha value is -1.13. The maximum atomic E-state index is 13.4. The maximum Gasteiger partial charge on any atom is 0.254 e. The number of hydrogen-bond acceptors (Lipinski definition) is 2. The van der Waals surface area contributed by atoms with Gasteiger partial charge in [0.1, 0.15) is 5.82 Å². The Morgan fingerprint density at radius 1 is 1.25 bits per heavy atom. The molecule has 1 aromatic rings. The van der Waals surface area contributed by atoms with Crippen LogP contribution in [-0.4, -0.2) is 54.3 Å². The van der Waals surface area contributed by atoms with Crippen molar-refractivity contribution in [3.05, 3.63) is 35.1 Å². The number of alkyl halides is 1. The average Bonchev–Trinajstić information content (AvgIpc) is 2.63. The Labute approximate surface area is 124 Å². The summed E-state index contributed by atoms with van der Waals surface area (Å²) in [7, 11) is 0. The molecule has 0 radical (unpaired) electrons. The van der Waals surface area contributed by atoms with Gasteiger partial charge in [0.15, 0.2) is 0 Å². The molecule has 0 bridgehead atoms. The van der Waals surface area contributed by atoms with Crippen LogP contribution >= 0.6 is 11.6 Å². The molecule has 1 saturated heterocycles. The molecular weight excluding hydrogens is 279 g/mol. The van der Waals surface area contributed by atoms with Gasteiger partial charge in [-0.25, -0.2) is 4.39 Å². The first kappa shape index (κ1) is 15.3. The number of halogens is 2. The molecule has 0 saturated carbocycles. The third kappa shape index (κ3) is 3.93. The summed E-state index contributed by atoms with van der Waals surface area (Å²) < 4.78 is 13.4. The van der Waals surface area contributed by atoms with Gasteiger partial charge in [-0.15, -0.1) is 11.6 Å². The summed E-state index contributed by atoms with van der Waals surface area (Å²) in [5.74, 6) is 0.170. The SMILES string of the molecule is Cc1cc(F)cc(C(=O)N2CCCN(CCCl)CC2)c1. The van der Waals surface area contributed by atoms with Crippen molar-refractivity contribution >= 4 is 17.5 Å². The summed E-state index contributed by atoms with van der Waals surface area (Å²) >= 11 is 5.75. The van der Waals surface area contributed by atoms with Gasteiger partial charge < -0.3 is 9.80 Å². The molecule has 20 heavy (non-hydrogen) atoms. The molecule has 1 aliphatic rings. The minimum Gasteiger partial charge on any atom is -0.337 e. The first-order valence-electron chi connectivity index (χ1n) is 6.95. The van der Waals surface area contributed by atoms with Crippen LogP contribution in [0.2, 0.25) is 0 Å². The van der Waals surface area contributed by atoms with Crippen LogP contribution in [0, 0.1) is 12.7 Å². The fraction of sp³-hybridized carbons (Fsp3) is 0.533. The molecule has 0 N–H and O–H groups in total. The van der Waals surface area contributed by atoms with Gasteiger partial charge in [0, 0.05) is 37.6 Å². The molecule has 1 amide bonds. The molecule has 1 heterocycles. The largest absolute Gasteiger partial charge is 0.337 e. The Morgan fingerprint density at radius 3 is 2.75 bits per heavy atom. The fourth-order valence-corrected chi connectivity index (χ4v) is 2.80. The average molecular weight is 299 g/mol. The molecular formula is C15H20ClFN2O. The smallest absolute Gasteiger partial charge is 0.254 e. The number of rotatable bonds is 3. The third-order valence-corrected chi connectivity index (χ3v) is 3.73. The van der Waals surface area contributed by atoms with Crippen LogP contribution in [0.1, 0.15) is 22.3 Å². The van der Waals surface area contributed by atoms with Crippen LogP contribution in [0.25, 0.3) is 0 Å². The minimum atomic E-state index is -0.355. The predicted molar refractivity (Wildman–Crippen MR) is 78.8 cm³/mol. The van der Waals surface area contributed by atoms with E-state index >= 15 is 0 Å². The van der Waals surface area contributed by atoms with E-state index in [1.165, 1.54) is 12.1 Å². The number of carbonyl (C=O) groups is 1. The van der Waals surface area contributed by atoms with Crippen LogP contribution in [0.5, 0.6) is 0 Å². The maximum absolute atomic E-state index is 13.4. The summed E-state index contributed by atoms with van der Waals surface area (Å²) in [6.07, 6.45) is 0.928. The van der Waals surface area contributed by atoms with Crippen molar-refractivity contribution in [3.8, 4) is 0 Å².